The Morgan fingerprint density at radius 2 is 1.66 bits per heavy atom. The van der Waals surface area contributed by atoms with Gasteiger partial charge in [0.2, 0.25) is 10.0 Å². The molecule has 184 valence electrons. The van der Waals surface area contributed by atoms with Gasteiger partial charge in [-0.2, -0.15) is 0 Å². The van der Waals surface area contributed by atoms with Crippen LogP contribution >= 0.6 is 0 Å². The molecule has 1 saturated carbocycles. The van der Waals surface area contributed by atoms with Gasteiger partial charge in [-0.05, 0) is 60.9 Å². The van der Waals surface area contributed by atoms with Crippen molar-refractivity contribution in [1.29, 1.82) is 0 Å². The number of carbonyl (C=O) groups is 1. The molecule has 0 aliphatic heterocycles. The first kappa shape index (κ1) is 24.9. The minimum Gasteiger partial charge on any atom is -0.497 e. The molecule has 35 heavy (non-hydrogen) atoms. The molecule has 8 heteroatoms. The highest BCUT2D eigenvalue weighted by Crippen LogP contribution is 2.34. The van der Waals surface area contributed by atoms with E-state index in [1.807, 2.05) is 0 Å². The van der Waals surface area contributed by atoms with E-state index < -0.39 is 15.6 Å². The molecule has 7 nitrogen and oxygen atoms in total. The van der Waals surface area contributed by atoms with Gasteiger partial charge >= 0.3 is 0 Å². The molecular weight excluding hydrogens is 464 g/mol. The SMILES string of the molecule is COCC1(NS(=O)(=O)c2ccccc2-c2cccc(C(=O)Nc3ccc(OC)cc3)c2)CCCC1. The van der Waals surface area contributed by atoms with Gasteiger partial charge in [-0.1, -0.05) is 43.2 Å². The molecule has 0 spiro atoms. The summed E-state index contributed by atoms with van der Waals surface area (Å²) in [7, 11) is -0.665. The normalized spacial score (nSPS) is 15.0. The number of rotatable bonds is 9. The number of hydrogen-bond acceptors (Lipinski definition) is 5. The van der Waals surface area contributed by atoms with Crippen LogP contribution < -0.4 is 14.8 Å². The third-order valence-electron chi connectivity index (χ3n) is 6.29. The number of anilines is 1. The lowest BCUT2D eigenvalue weighted by molar-refractivity contribution is 0.102. The average Bonchev–Trinajstić information content (AvgIpc) is 3.32. The molecule has 0 aromatic heterocycles. The molecule has 1 aliphatic rings. The summed E-state index contributed by atoms with van der Waals surface area (Å²) in [6, 6.07) is 20.8. The van der Waals surface area contributed by atoms with Crippen molar-refractivity contribution in [2.24, 2.45) is 0 Å². The zero-order valence-corrected chi connectivity index (χ0v) is 20.7. The van der Waals surface area contributed by atoms with Gasteiger partial charge in [0.05, 0.1) is 24.2 Å². The Labute approximate surface area is 206 Å². The van der Waals surface area contributed by atoms with Crippen molar-refractivity contribution in [3.63, 3.8) is 0 Å². The van der Waals surface area contributed by atoms with Crippen molar-refractivity contribution < 1.29 is 22.7 Å². The number of hydrogen-bond donors (Lipinski definition) is 2. The third kappa shape index (κ3) is 5.73. The van der Waals surface area contributed by atoms with Crippen LogP contribution in [0.5, 0.6) is 5.75 Å². The Bertz CT molecular complexity index is 1280. The van der Waals surface area contributed by atoms with Gasteiger partial charge in [0.25, 0.3) is 5.91 Å². The zero-order valence-electron chi connectivity index (χ0n) is 19.9. The first-order chi connectivity index (χ1) is 16.9. The Balaban J connectivity index is 1.62. The molecule has 0 bridgehead atoms. The van der Waals surface area contributed by atoms with Crippen LogP contribution in [0.1, 0.15) is 36.0 Å². The molecule has 3 aromatic rings. The second-order valence-corrected chi connectivity index (χ2v) is 10.4. The smallest absolute Gasteiger partial charge is 0.255 e. The number of nitrogens with one attached hydrogen (secondary N) is 2. The molecule has 1 aliphatic carbocycles. The molecule has 4 rings (SSSR count). The van der Waals surface area contributed by atoms with E-state index >= 15 is 0 Å². The minimum atomic E-state index is -3.83. The summed E-state index contributed by atoms with van der Waals surface area (Å²) < 4.78 is 40.5. The summed E-state index contributed by atoms with van der Waals surface area (Å²) in [5, 5.41) is 2.86. The quantitative estimate of drug-likeness (QED) is 0.443. The summed E-state index contributed by atoms with van der Waals surface area (Å²) in [6.45, 7) is 0.329. The van der Waals surface area contributed by atoms with Crippen LogP contribution in [-0.2, 0) is 14.8 Å². The maximum Gasteiger partial charge on any atom is 0.255 e. The highest BCUT2D eigenvalue weighted by molar-refractivity contribution is 7.89. The van der Waals surface area contributed by atoms with Gasteiger partial charge in [-0.15, -0.1) is 0 Å². The van der Waals surface area contributed by atoms with E-state index in [1.54, 1.807) is 87.0 Å². The van der Waals surface area contributed by atoms with E-state index in [0.717, 1.165) is 25.7 Å². The third-order valence-corrected chi connectivity index (χ3v) is 7.93. The second-order valence-electron chi connectivity index (χ2n) is 8.79. The van der Waals surface area contributed by atoms with Crippen LogP contribution in [-0.4, -0.2) is 40.7 Å². The predicted octanol–water partition coefficient (Wildman–Crippen LogP) is 4.85. The van der Waals surface area contributed by atoms with E-state index in [4.69, 9.17) is 9.47 Å². The Morgan fingerprint density at radius 1 is 0.943 bits per heavy atom. The molecule has 2 N–H and O–H groups in total. The van der Waals surface area contributed by atoms with Gasteiger partial charge in [-0.3, -0.25) is 4.79 Å². The van der Waals surface area contributed by atoms with Crippen molar-refractivity contribution in [2.75, 3.05) is 26.1 Å². The van der Waals surface area contributed by atoms with Gasteiger partial charge in [0.15, 0.2) is 0 Å². The number of methoxy groups -OCH3 is 2. The number of sulfonamides is 1. The molecule has 0 unspecified atom stereocenters. The summed E-state index contributed by atoms with van der Waals surface area (Å²) in [6.07, 6.45) is 3.39. The first-order valence-corrected chi connectivity index (χ1v) is 13.0. The predicted molar refractivity (Wildman–Crippen MR) is 136 cm³/mol. The fourth-order valence-electron chi connectivity index (χ4n) is 4.59. The molecule has 0 heterocycles. The van der Waals surface area contributed by atoms with E-state index in [1.165, 1.54) is 0 Å². The summed E-state index contributed by atoms with van der Waals surface area (Å²) in [5.74, 6) is 0.404. The van der Waals surface area contributed by atoms with Gasteiger partial charge in [0, 0.05) is 23.9 Å². The molecule has 1 amide bonds. The van der Waals surface area contributed by atoms with Crippen LogP contribution in [0, 0.1) is 0 Å². The van der Waals surface area contributed by atoms with Crippen molar-refractivity contribution in [1.82, 2.24) is 4.72 Å². The lowest BCUT2D eigenvalue weighted by Crippen LogP contribution is -2.49. The summed E-state index contributed by atoms with van der Waals surface area (Å²) >= 11 is 0. The fraction of sp³-hybridized carbons (Fsp3) is 0.296. The van der Waals surface area contributed by atoms with Gasteiger partial charge in [0.1, 0.15) is 5.75 Å². The number of benzene rings is 3. The molecule has 0 atom stereocenters. The van der Waals surface area contributed by atoms with Gasteiger partial charge < -0.3 is 14.8 Å². The molecule has 1 fully saturated rings. The number of ether oxygens (including phenoxy) is 2. The summed E-state index contributed by atoms with van der Waals surface area (Å²) in [4.78, 5) is 13.1. The number of amides is 1. The standard InChI is InChI=1S/C27H30N2O5S/c1-33-19-27(16-5-6-17-27)29-35(31,32)25-11-4-3-10-24(25)20-8-7-9-21(18-20)26(30)28-22-12-14-23(34-2)15-13-22/h3-4,7-15,18,29H,5-6,16-17,19H2,1-2H3,(H,28,30). The van der Waals surface area contributed by atoms with E-state index in [0.29, 0.717) is 34.7 Å². The van der Waals surface area contributed by atoms with Crippen molar-refractivity contribution >= 4 is 21.6 Å². The lowest BCUT2D eigenvalue weighted by Gasteiger charge is -2.29. The average molecular weight is 495 g/mol. The molecular formula is C27H30N2O5S. The van der Waals surface area contributed by atoms with Gasteiger partial charge in [-0.25, -0.2) is 13.1 Å². The van der Waals surface area contributed by atoms with Crippen LogP contribution in [0.15, 0.2) is 77.7 Å². The van der Waals surface area contributed by atoms with Crippen LogP contribution in [0.4, 0.5) is 5.69 Å². The largest absolute Gasteiger partial charge is 0.497 e. The number of carbonyl (C=O) groups excluding carboxylic acids is 1. The fourth-order valence-corrected chi connectivity index (χ4v) is 6.27. The van der Waals surface area contributed by atoms with Crippen LogP contribution in [0.3, 0.4) is 0 Å². The highest BCUT2D eigenvalue weighted by atomic mass is 32.2. The molecule has 0 radical (unpaired) electrons. The van der Waals surface area contributed by atoms with Crippen LogP contribution in [0.25, 0.3) is 11.1 Å². The maximum atomic E-state index is 13.5. The topological polar surface area (TPSA) is 93.7 Å². The van der Waals surface area contributed by atoms with Crippen LogP contribution in [0.2, 0.25) is 0 Å². The van der Waals surface area contributed by atoms with E-state index in [9.17, 15) is 13.2 Å². The van der Waals surface area contributed by atoms with Crippen molar-refractivity contribution in [3.8, 4) is 16.9 Å². The molecule has 3 aromatic carbocycles. The molecule has 0 saturated heterocycles. The minimum absolute atomic E-state index is 0.176. The van der Waals surface area contributed by atoms with Crippen molar-refractivity contribution in [3.05, 3.63) is 78.4 Å². The highest BCUT2D eigenvalue weighted by Gasteiger charge is 2.38. The van der Waals surface area contributed by atoms with Crippen molar-refractivity contribution in [2.45, 2.75) is 36.1 Å². The lowest BCUT2D eigenvalue weighted by atomic mass is 10.0. The van der Waals surface area contributed by atoms with E-state index in [-0.39, 0.29) is 10.8 Å². The second kappa shape index (κ2) is 10.6. The zero-order chi connectivity index (χ0) is 24.9. The summed E-state index contributed by atoms with van der Waals surface area (Å²) in [5.41, 5.74) is 1.63. The van der Waals surface area contributed by atoms with E-state index in [2.05, 4.69) is 10.0 Å². The Morgan fingerprint density at radius 3 is 2.34 bits per heavy atom. The Hall–Kier alpha value is -3.20. The first-order valence-electron chi connectivity index (χ1n) is 11.5. The Kier molecular flexibility index (Phi) is 7.54. The maximum absolute atomic E-state index is 13.5. The monoisotopic (exact) mass is 494 g/mol.